The Balaban J connectivity index is 0.00000243. The predicted octanol–water partition coefficient (Wildman–Crippen LogP) is 2.86. The van der Waals surface area contributed by atoms with Crippen LogP contribution >= 0.6 is 24.0 Å². The lowest BCUT2D eigenvalue weighted by Crippen LogP contribution is -2.47. The van der Waals surface area contributed by atoms with Crippen LogP contribution in [0.5, 0.6) is 0 Å². The minimum absolute atomic E-state index is 0. The van der Waals surface area contributed by atoms with Crippen LogP contribution in [0.2, 0.25) is 0 Å². The smallest absolute Gasteiger partial charge is 0.354 e. The average Bonchev–Trinajstić information content (AvgIpc) is 3.26. The van der Waals surface area contributed by atoms with Gasteiger partial charge in [0.05, 0.1) is 17.4 Å². The second-order valence-corrected chi connectivity index (χ2v) is 9.85. The molecular formula is C16H27F3IN3O2S. The number of nitrogens with one attached hydrogen (secondary N) is 2. The molecule has 3 rings (SSSR count). The van der Waals surface area contributed by atoms with Crippen LogP contribution in [0.15, 0.2) is 4.99 Å². The number of aliphatic imine (C=N–C) groups is 1. The Hall–Kier alpha value is -0.260. The largest absolute Gasteiger partial charge is 0.391 e. The Morgan fingerprint density at radius 1 is 1.04 bits per heavy atom. The van der Waals surface area contributed by atoms with E-state index >= 15 is 0 Å². The Kier molecular flexibility index (Phi) is 7.48. The normalized spacial score (nSPS) is 32.0. The summed E-state index contributed by atoms with van der Waals surface area (Å²) in [4.78, 5) is 4.48. The molecule has 0 spiro atoms. The SMILES string of the molecule is I.O=S1(=O)CCC(CN=C(NC2CC2)NC2CCCC(C(F)(F)F)C2)C1. The quantitative estimate of drug-likeness (QED) is 0.348. The Morgan fingerprint density at radius 3 is 2.31 bits per heavy atom. The first-order valence-corrected chi connectivity index (χ1v) is 10.9. The fraction of sp³-hybridized carbons (Fsp3) is 0.938. The molecule has 3 unspecified atom stereocenters. The van der Waals surface area contributed by atoms with Crippen LogP contribution in [0, 0.1) is 11.8 Å². The lowest BCUT2D eigenvalue weighted by atomic mass is 9.85. The summed E-state index contributed by atoms with van der Waals surface area (Å²) in [7, 11) is -2.94. The van der Waals surface area contributed by atoms with Crippen LogP contribution in [-0.4, -0.2) is 50.7 Å². The molecule has 0 bridgehead atoms. The van der Waals surface area contributed by atoms with Crippen LogP contribution in [0.4, 0.5) is 13.2 Å². The van der Waals surface area contributed by atoms with Crippen molar-refractivity contribution in [2.75, 3.05) is 18.1 Å². The van der Waals surface area contributed by atoms with E-state index in [1.807, 2.05) is 0 Å². The lowest BCUT2D eigenvalue weighted by Gasteiger charge is -2.32. The molecule has 2 aliphatic carbocycles. The summed E-state index contributed by atoms with van der Waals surface area (Å²) in [6.07, 6.45) is 0.0800. The first-order valence-electron chi connectivity index (χ1n) is 9.06. The second-order valence-electron chi connectivity index (χ2n) is 7.62. The molecule has 0 aromatic carbocycles. The highest BCUT2D eigenvalue weighted by Gasteiger charge is 2.42. The molecule has 26 heavy (non-hydrogen) atoms. The molecule has 3 aliphatic rings. The van der Waals surface area contributed by atoms with Gasteiger partial charge in [0.25, 0.3) is 0 Å². The Morgan fingerprint density at radius 2 is 1.73 bits per heavy atom. The van der Waals surface area contributed by atoms with E-state index < -0.39 is 21.9 Å². The van der Waals surface area contributed by atoms with Gasteiger partial charge in [-0.15, -0.1) is 24.0 Å². The topological polar surface area (TPSA) is 70.6 Å². The number of rotatable bonds is 4. The molecule has 1 heterocycles. The molecule has 2 saturated carbocycles. The van der Waals surface area contributed by atoms with Crippen LogP contribution in [0.3, 0.4) is 0 Å². The van der Waals surface area contributed by atoms with Gasteiger partial charge in [0.2, 0.25) is 0 Å². The zero-order valence-corrected chi connectivity index (χ0v) is 17.7. The van der Waals surface area contributed by atoms with E-state index in [0.29, 0.717) is 37.8 Å². The molecule has 0 amide bonds. The number of nitrogens with zero attached hydrogens (tertiary/aromatic N) is 1. The van der Waals surface area contributed by atoms with Gasteiger partial charge in [0.1, 0.15) is 0 Å². The number of hydrogen-bond acceptors (Lipinski definition) is 3. The van der Waals surface area contributed by atoms with Gasteiger partial charge in [-0.2, -0.15) is 13.2 Å². The summed E-state index contributed by atoms with van der Waals surface area (Å²) in [5.74, 6) is -0.327. The molecular weight excluding hydrogens is 482 g/mol. The van der Waals surface area contributed by atoms with Crippen molar-refractivity contribution in [3.05, 3.63) is 0 Å². The number of hydrogen-bond donors (Lipinski definition) is 2. The van der Waals surface area contributed by atoms with Crippen molar-refractivity contribution in [3.8, 4) is 0 Å². The summed E-state index contributed by atoms with van der Waals surface area (Å²) in [5.41, 5.74) is 0. The van der Waals surface area contributed by atoms with Crippen LogP contribution in [-0.2, 0) is 9.84 Å². The van der Waals surface area contributed by atoms with Crippen LogP contribution in [0.1, 0.15) is 44.9 Å². The van der Waals surface area contributed by atoms with Crippen molar-refractivity contribution < 1.29 is 21.6 Å². The fourth-order valence-corrected chi connectivity index (χ4v) is 5.45. The zero-order chi connectivity index (χ0) is 18.1. The van der Waals surface area contributed by atoms with Gasteiger partial charge in [-0.25, -0.2) is 8.42 Å². The first kappa shape index (κ1) is 22.0. The van der Waals surface area contributed by atoms with Crippen molar-refractivity contribution in [2.24, 2.45) is 16.8 Å². The summed E-state index contributed by atoms with van der Waals surface area (Å²) in [6.45, 7) is 0.400. The van der Waals surface area contributed by atoms with E-state index in [0.717, 1.165) is 12.8 Å². The highest BCUT2D eigenvalue weighted by atomic mass is 127. The average molecular weight is 509 g/mol. The van der Waals surface area contributed by atoms with E-state index in [-0.39, 0.29) is 60.3 Å². The molecule has 1 aliphatic heterocycles. The molecule has 0 radical (unpaired) electrons. The molecule has 2 N–H and O–H groups in total. The highest BCUT2D eigenvalue weighted by molar-refractivity contribution is 14.0. The molecule has 5 nitrogen and oxygen atoms in total. The number of alkyl halides is 3. The molecule has 3 atom stereocenters. The molecule has 0 aromatic heterocycles. The van der Waals surface area contributed by atoms with Gasteiger partial charge < -0.3 is 10.6 Å². The van der Waals surface area contributed by atoms with Crippen LogP contribution < -0.4 is 10.6 Å². The van der Waals surface area contributed by atoms with Crippen molar-refractivity contribution >= 4 is 39.8 Å². The van der Waals surface area contributed by atoms with Gasteiger partial charge in [0.15, 0.2) is 15.8 Å². The summed E-state index contributed by atoms with van der Waals surface area (Å²) in [5, 5.41) is 6.41. The van der Waals surface area contributed by atoms with Crippen molar-refractivity contribution in [1.29, 1.82) is 0 Å². The third-order valence-corrected chi connectivity index (χ3v) is 7.07. The van der Waals surface area contributed by atoms with E-state index in [1.54, 1.807) is 0 Å². The molecule has 0 aromatic rings. The second kappa shape index (κ2) is 8.83. The van der Waals surface area contributed by atoms with Crippen LogP contribution in [0.25, 0.3) is 0 Å². The van der Waals surface area contributed by atoms with Gasteiger partial charge in [-0.1, -0.05) is 6.42 Å². The van der Waals surface area contributed by atoms with E-state index in [1.165, 1.54) is 0 Å². The fourth-order valence-electron chi connectivity index (χ4n) is 3.60. The molecule has 3 fully saturated rings. The Labute approximate surface area is 169 Å². The number of halogens is 4. The standard InChI is InChI=1S/C16H26F3N3O2S.HI/c17-16(18,19)12-2-1-3-14(8-12)22-15(21-13-4-5-13)20-9-11-6-7-25(23,24)10-11;/h11-14H,1-10H2,(H2,20,21,22);1H. The molecule has 1 saturated heterocycles. The lowest BCUT2D eigenvalue weighted by molar-refractivity contribution is -0.183. The number of guanidine groups is 1. The first-order chi connectivity index (χ1) is 11.7. The van der Waals surface area contributed by atoms with E-state index in [2.05, 4.69) is 15.6 Å². The maximum absolute atomic E-state index is 13.0. The van der Waals surface area contributed by atoms with Crippen molar-refractivity contribution in [1.82, 2.24) is 10.6 Å². The highest BCUT2D eigenvalue weighted by Crippen LogP contribution is 2.37. The van der Waals surface area contributed by atoms with Gasteiger partial charge in [0, 0.05) is 18.6 Å². The third-order valence-electron chi connectivity index (χ3n) is 5.23. The third kappa shape index (κ3) is 6.72. The minimum atomic E-state index is -4.14. The van der Waals surface area contributed by atoms with E-state index in [9.17, 15) is 21.6 Å². The van der Waals surface area contributed by atoms with Crippen molar-refractivity contribution in [2.45, 2.75) is 63.2 Å². The molecule has 152 valence electrons. The van der Waals surface area contributed by atoms with E-state index in [4.69, 9.17) is 0 Å². The predicted molar refractivity (Wildman–Crippen MR) is 106 cm³/mol. The van der Waals surface area contributed by atoms with Gasteiger partial charge in [-0.3, -0.25) is 4.99 Å². The maximum atomic E-state index is 13.0. The summed E-state index contributed by atoms with van der Waals surface area (Å²) >= 11 is 0. The van der Waals surface area contributed by atoms with Gasteiger partial charge in [-0.05, 0) is 44.4 Å². The minimum Gasteiger partial charge on any atom is -0.354 e. The van der Waals surface area contributed by atoms with Crippen molar-refractivity contribution in [3.63, 3.8) is 0 Å². The zero-order valence-electron chi connectivity index (χ0n) is 14.6. The van der Waals surface area contributed by atoms with Gasteiger partial charge >= 0.3 is 6.18 Å². The Bertz CT molecular complexity index is 608. The maximum Gasteiger partial charge on any atom is 0.391 e. The summed E-state index contributed by atoms with van der Waals surface area (Å²) < 4.78 is 62.0. The monoisotopic (exact) mass is 509 g/mol. The number of sulfone groups is 1. The molecule has 10 heteroatoms. The summed E-state index contributed by atoms with van der Waals surface area (Å²) in [6, 6.07) is 0.0956.